The summed E-state index contributed by atoms with van der Waals surface area (Å²) in [5, 5.41) is 10.2. The van der Waals surface area contributed by atoms with Crippen LogP contribution in [-0.2, 0) is 26.2 Å². The van der Waals surface area contributed by atoms with Crippen molar-refractivity contribution in [2.24, 2.45) is 0 Å². The zero-order chi connectivity index (χ0) is 19.8. The van der Waals surface area contributed by atoms with Crippen LogP contribution in [0.2, 0.25) is 0 Å². The second-order valence-electron chi connectivity index (χ2n) is 7.16. The lowest BCUT2D eigenvalue weighted by Gasteiger charge is -2.37. The van der Waals surface area contributed by atoms with Crippen molar-refractivity contribution < 1.29 is 27.4 Å². The van der Waals surface area contributed by atoms with Crippen LogP contribution in [0.3, 0.4) is 0 Å². The first kappa shape index (κ1) is 19.7. The molecule has 0 spiro atoms. The number of carboxylic acids is 1. The van der Waals surface area contributed by atoms with Crippen molar-refractivity contribution in [3.05, 3.63) is 35.8 Å². The number of rotatable bonds is 6. The van der Waals surface area contributed by atoms with E-state index in [0.29, 0.717) is 16.5 Å². The second-order valence-corrected chi connectivity index (χ2v) is 8.87. The molecule has 1 fully saturated rings. The molecule has 0 aliphatic carbocycles. The second kappa shape index (κ2) is 7.19. The Kier molecular flexibility index (Phi) is 5.26. The minimum Gasteiger partial charge on any atom is -0.480 e. The molecular formula is C17H22FN3O5S. The molecule has 3 N–H and O–H groups in total. The molecule has 1 unspecified atom stereocenters. The first-order chi connectivity index (χ1) is 12.6. The van der Waals surface area contributed by atoms with Crippen LogP contribution < -0.4 is 4.72 Å². The standard InChI is InChI=1S/C17H22FN3O5S/c1-17(2)10-21(5-6-26-17)27(24,25)20-15(16(22)23)7-11-9-19-14-8-12(18)3-4-13(11)14/h3-4,8-9,15,19-20H,5-7,10H2,1-2H3,(H,22,23). The molecule has 1 aromatic heterocycles. The molecule has 0 amide bonds. The third-order valence-corrected chi connectivity index (χ3v) is 6.05. The first-order valence-electron chi connectivity index (χ1n) is 8.47. The zero-order valence-electron chi connectivity index (χ0n) is 15.0. The Labute approximate surface area is 156 Å². The summed E-state index contributed by atoms with van der Waals surface area (Å²) in [6.07, 6.45) is 1.49. The van der Waals surface area contributed by atoms with E-state index < -0.39 is 33.6 Å². The van der Waals surface area contributed by atoms with Crippen LogP contribution >= 0.6 is 0 Å². The number of benzene rings is 1. The van der Waals surface area contributed by atoms with Crippen LogP contribution in [0.4, 0.5) is 4.39 Å². The van der Waals surface area contributed by atoms with Gasteiger partial charge >= 0.3 is 5.97 Å². The smallest absolute Gasteiger partial charge is 0.322 e. The molecule has 10 heteroatoms. The number of aromatic amines is 1. The van der Waals surface area contributed by atoms with E-state index in [1.165, 1.54) is 22.5 Å². The number of morpholine rings is 1. The van der Waals surface area contributed by atoms with Crippen LogP contribution in [0.25, 0.3) is 10.9 Å². The number of nitrogens with zero attached hydrogens (tertiary/aromatic N) is 1. The molecule has 148 valence electrons. The first-order valence-corrected chi connectivity index (χ1v) is 9.91. The van der Waals surface area contributed by atoms with Crippen molar-refractivity contribution >= 4 is 27.1 Å². The van der Waals surface area contributed by atoms with E-state index in [0.717, 1.165) is 0 Å². The van der Waals surface area contributed by atoms with E-state index >= 15 is 0 Å². The Hall–Kier alpha value is -2.01. The molecule has 1 saturated heterocycles. The van der Waals surface area contributed by atoms with Crippen molar-refractivity contribution in [1.82, 2.24) is 14.0 Å². The summed E-state index contributed by atoms with van der Waals surface area (Å²) >= 11 is 0. The van der Waals surface area contributed by atoms with Crippen LogP contribution in [0.15, 0.2) is 24.4 Å². The Morgan fingerprint density at radius 1 is 1.48 bits per heavy atom. The lowest BCUT2D eigenvalue weighted by molar-refractivity contribution is -0.138. The third-order valence-electron chi connectivity index (χ3n) is 4.47. The fraction of sp³-hybridized carbons (Fsp3) is 0.471. The lowest BCUT2D eigenvalue weighted by Crippen LogP contribution is -2.56. The van der Waals surface area contributed by atoms with Crippen LogP contribution in [0.1, 0.15) is 19.4 Å². The fourth-order valence-corrected chi connectivity index (χ4v) is 4.65. The summed E-state index contributed by atoms with van der Waals surface area (Å²) in [4.78, 5) is 14.5. The third kappa shape index (κ3) is 4.46. The Morgan fingerprint density at radius 2 is 2.22 bits per heavy atom. The molecule has 1 aromatic carbocycles. The van der Waals surface area contributed by atoms with Crippen LogP contribution in [0, 0.1) is 5.82 Å². The number of aromatic nitrogens is 1. The van der Waals surface area contributed by atoms with Gasteiger partial charge in [0, 0.05) is 36.6 Å². The van der Waals surface area contributed by atoms with Gasteiger partial charge in [-0.3, -0.25) is 4.79 Å². The van der Waals surface area contributed by atoms with Gasteiger partial charge in [-0.2, -0.15) is 17.4 Å². The Morgan fingerprint density at radius 3 is 2.89 bits per heavy atom. The molecule has 0 radical (unpaired) electrons. The number of halogens is 1. The van der Waals surface area contributed by atoms with Crippen molar-refractivity contribution in [3.8, 4) is 0 Å². The van der Waals surface area contributed by atoms with E-state index in [2.05, 4.69) is 9.71 Å². The minimum absolute atomic E-state index is 0.0755. The number of ether oxygens (including phenoxy) is 1. The monoisotopic (exact) mass is 399 g/mol. The average Bonchev–Trinajstić information content (AvgIpc) is 2.95. The average molecular weight is 399 g/mol. The van der Waals surface area contributed by atoms with Gasteiger partial charge in [0.05, 0.1) is 12.2 Å². The highest BCUT2D eigenvalue weighted by molar-refractivity contribution is 7.87. The molecular weight excluding hydrogens is 377 g/mol. The number of aliphatic carboxylic acids is 1. The highest BCUT2D eigenvalue weighted by Gasteiger charge is 2.36. The number of carbonyl (C=O) groups is 1. The summed E-state index contributed by atoms with van der Waals surface area (Å²) in [5.41, 5.74) is 0.460. The fourth-order valence-electron chi connectivity index (χ4n) is 3.16. The number of fused-ring (bicyclic) bond motifs is 1. The summed E-state index contributed by atoms with van der Waals surface area (Å²) in [6.45, 7) is 4.06. The van der Waals surface area contributed by atoms with Crippen molar-refractivity contribution in [1.29, 1.82) is 0 Å². The normalized spacial score (nSPS) is 19.2. The number of carboxylic acid groups (broad SMARTS) is 1. The minimum atomic E-state index is -4.01. The largest absolute Gasteiger partial charge is 0.480 e. The molecule has 2 heterocycles. The predicted molar refractivity (Wildman–Crippen MR) is 97.0 cm³/mol. The maximum absolute atomic E-state index is 13.3. The molecule has 0 saturated carbocycles. The molecule has 2 aromatic rings. The van der Waals surface area contributed by atoms with Crippen molar-refractivity contribution in [2.45, 2.75) is 31.9 Å². The molecule has 27 heavy (non-hydrogen) atoms. The van der Waals surface area contributed by atoms with E-state index in [4.69, 9.17) is 4.74 Å². The summed E-state index contributed by atoms with van der Waals surface area (Å²) < 4.78 is 47.6. The van der Waals surface area contributed by atoms with Gasteiger partial charge < -0.3 is 14.8 Å². The lowest BCUT2D eigenvalue weighted by atomic mass is 10.1. The van der Waals surface area contributed by atoms with Gasteiger partial charge in [-0.15, -0.1) is 0 Å². The predicted octanol–water partition coefficient (Wildman–Crippen LogP) is 1.25. The number of nitrogens with one attached hydrogen (secondary N) is 2. The van der Waals surface area contributed by atoms with Gasteiger partial charge in [-0.25, -0.2) is 4.39 Å². The zero-order valence-corrected chi connectivity index (χ0v) is 15.8. The van der Waals surface area contributed by atoms with Crippen molar-refractivity contribution in [3.63, 3.8) is 0 Å². The van der Waals surface area contributed by atoms with Gasteiger partial charge in [-0.05, 0) is 37.6 Å². The molecule has 8 nitrogen and oxygen atoms in total. The number of hydrogen-bond donors (Lipinski definition) is 3. The summed E-state index contributed by atoms with van der Waals surface area (Å²) in [7, 11) is -4.01. The molecule has 1 atom stereocenters. The van der Waals surface area contributed by atoms with E-state index in [1.54, 1.807) is 20.0 Å². The SMILES string of the molecule is CC1(C)CN(S(=O)(=O)NC(Cc2c[nH]c3cc(F)ccc23)C(=O)O)CCO1. The van der Waals surface area contributed by atoms with Gasteiger partial charge in [-0.1, -0.05) is 0 Å². The van der Waals surface area contributed by atoms with E-state index in [1.807, 2.05) is 0 Å². The summed E-state index contributed by atoms with van der Waals surface area (Å²) in [6, 6.07) is 2.75. The van der Waals surface area contributed by atoms with E-state index in [-0.39, 0.29) is 26.1 Å². The number of hydrogen-bond acceptors (Lipinski definition) is 4. The van der Waals surface area contributed by atoms with Crippen LogP contribution in [0.5, 0.6) is 0 Å². The number of H-pyrrole nitrogens is 1. The summed E-state index contributed by atoms with van der Waals surface area (Å²) in [5.74, 6) is -1.70. The maximum atomic E-state index is 13.3. The maximum Gasteiger partial charge on any atom is 0.322 e. The molecule has 1 aliphatic heterocycles. The molecule has 1 aliphatic rings. The van der Waals surface area contributed by atoms with Gasteiger partial charge in [0.2, 0.25) is 0 Å². The van der Waals surface area contributed by atoms with Crippen molar-refractivity contribution in [2.75, 3.05) is 19.7 Å². The topological polar surface area (TPSA) is 112 Å². The van der Waals surface area contributed by atoms with E-state index in [9.17, 15) is 22.7 Å². The van der Waals surface area contributed by atoms with Crippen LogP contribution in [-0.4, -0.2) is 60.1 Å². The van der Waals surface area contributed by atoms with Gasteiger partial charge in [0.1, 0.15) is 11.9 Å². The van der Waals surface area contributed by atoms with Gasteiger partial charge in [0.15, 0.2) is 0 Å². The quantitative estimate of drug-likeness (QED) is 0.677. The highest BCUT2D eigenvalue weighted by Crippen LogP contribution is 2.22. The Balaban J connectivity index is 1.80. The molecule has 3 rings (SSSR count). The highest BCUT2D eigenvalue weighted by atomic mass is 32.2. The van der Waals surface area contributed by atoms with Gasteiger partial charge in [0.25, 0.3) is 10.2 Å². The molecule has 0 bridgehead atoms. The Bertz CT molecular complexity index is 957.